The van der Waals surface area contributed by atoms with E-state index in [0.29, 0.717) is 0 Å². The minimum atomic E-state index is 0.747. The van der Waals surface area contributed by atoms with Crippen LogP contribution < -0.4 is 10.6 Å². The van der Waals surface area contributed by atoms with Crippen LogP contribution in [0.2, 0.25) is 0 Å². The molecular weight excluding hydrogens is 238 g/mol. The summed E-state index contributed by atoms with van der Waals surface area (Å²) in [5.41, 5.74) is 7.50. The van der Waals surface area contributed by atoms with Gasteiger partial charge < -0.3 is 15.2 Å². The Morgan fingerprint density at radius 3 is 2.68 bits per heavy atom. The van der Waals surface area contributed by atoms with Crippen molar-refractivity contribution < 1.29 is 0 Å². The molecule has 0 amide bonds. The van der Waals surface area contributed by atoms with Crippen LogP contribution in [0.1, 0.15) is 12.8 Å². The number of pyridine rings is 1. The topological polar surface area (TPSA) is 60.0 Å². The largest absolute Gasteiger partial charge is 0.363 e. The molecule has 0 spiro atoms. The first-order valence-electron chi connectivity index (χ1n) is 6.56. The van der Waals surface area contributed by atoms with Gasteiger partial charge in [0, 0.05) is 38.6 Å². The third-order valence-corrected chi connectivity index (χ3v) is 3.01. The number of hydrogen-bond acceptors (Lipinski definition) is 4. The van der Waals surface area contributed by atoms with E-state index in [4.69, 9.17) is 5.73 Å². The van der Waals surface area contributed by atoms with E-state index in [1.165, 1.54) is 0 Å². The summed E-state index contributed by atoms with van der Waals surface area (Å²) in [4.78, 5) is 10.8. The number of hydrogen-bond donors (Lipinski definition) is 1. The van der Waals surface area contributed by atoms with Crippen molar-refractivity contribution in [2.45, 2.75) is 19.4 Å². The molecule has 2 aromatic rings. The van der Waals surface area contributed by atoms with Crippen LogP contribution in [0.5, 0.6) is 0 Å². The minimum Gasteiger partial charge on any atom is -0.363 e. The summed E-state index contributed by atoms with van der Waals surface area (Å²) in [7, 11) is 3.96. The molecule has 19 heavy (non-hydrogen) atoms. The van der Waals surface area contributed by atoms with Gasteiger partial charge in [0.2, 0.25) is 0 Å². The molecule has 0 bridgehead atoms. The zero-order valence-electron chi connectivity index (χ0n) is 11.6. The number of anilines is 1. The summed E-state index contributed by atoms with van der Waals surface area (Å²) >= 11 is 0. The van der Waals surface area contributed by atoms with Gasteiger partial charge in [0.25, 0.3) is 0 Å². The SMILES string of the molecule is CN(C)c1ccc(-c2cn(CCCCN)cn2)cn1. The fraction of sp³-hybridized carbons (Fsp3) is 0.429. The second-order valence-electron chi connectivity index (χ2n) is 4.79. The van der Waals surface area contributed by atoms with E-state index in [-0.39, 0.29) is 0 Å². The highest BCUT2D eigenvalue weighted by Crippen LogP contribution is 2.18. The molecule has 0 aliphatic carbocycles. The second-order valence-corrected chi connectivity index (χ2v) is 4.79. The molecule has 0 unspecified atom stereocenters. The maximum absolute atomic E-state index is 5.49. The lowest BCUT2D eigenvalue weighted by molar-refractivity contribution is 0.614. The molecule has 102 valence electrons. The molecular formula is C14H21N5. The van der Waals surface area contributed by atoms with E-state index in [2.05, 4.69) is 26.8 Å². The highest BCUT2D eigenvalue weighted by atomic mass is 15.1. The molecule has 2 rings (SSSR count). The third kappa shape index (κ3) is 3.54. The average Bonchev–Trinajstić information content (AvgIpc) is 2.88. The number of imidazole rings is 1. The first-order valence-corrected chi connectivity index (χ1v) is 6.56. The van der Waals surface area contributed by atoms with Crippen molar-refractivity contribution in [2.75, 3.05) is 25.5 Å². The zero-order valence-corrected chi connectivity index (χ0v) is 11.6. The van der Waals surface area contributed by atoms with Crippen LogP contribution in [0.25, 0.3) is 11.3 Å². The van der Waals surface area contributed by atoms with E-state index in [1.807, 2.05) is 37.6 Å². The maximum Gasteiger partial charge on any atom is 0.127 e. The van der Waals surface area contributed by atoms with Crippen LogP contribution in [0.3, 0.4) is 0 Å². The van der Waals surface area contributed by atoms with Gasteiger partial charge in [-0.05, 0) is 31.5 Å². The third-order valence-electron chi connectivity index (χ3n) is 3.01. The van der Waals surface area contributed by atoms with E-state index < -0.39 is 0 Å². The van der Waals surface area contributed by atoms with Gasteiger partial charge in [0.1, 0.15) is 5.82 Å². The molecule has 0 saturated carbocycles. The van der Waals surface area contributed by atoms with Crippen molar-refractivity contribution in [3.8, 4) is 11.3 Å². The van der Waals surface area contributed by atoms with Crippen molar-refractivity contribution in [1.29, 1.82) is 0 Å². The normalized spacial score (nSPS) is 10.7. The predicted octanol–water partition coefficient (Wildman–Crippen LogP) is 1.75. The average molecular weight is 259 g/mol. The molecule has 0 saturated heterocycles. The Kier molecular flexibility index (Phi) is 4.52. The molecule has 0 aromatic carbocycles. The molecule has 0 atom stereocenters. The molecule has 2 heterocycles. The van der Waals surface area contributed by atoms with Crippen LogP contribution >= 0.6 is 0 Å². The van der Waals surface area contributed by atoms with Crippen molar-refractivity contribution in [3.63, 3.8) is 0 Å². The highest BCUT2D eigenvalue weighted by Gasteiger charge is 2.04. The highest BCUT2D eigenvalue weighted by molar-refractivity contribution is 5.59. The van der Waals surface area contributed by atoms with Crippen LogP contribution in [-0.2, 0) is 6.54 Å². The smallest absolute Gasteiger partial charge is 0.127 e. The molecule has 0 radical (unpaired) electrons. The maximum atomic E-state index is 5.49. The molecule has 2 N–H and O–H groups in total. The second kappa shape index (κ2) is 6.33. The van der Waals surface area contributed by atoms with Crippen molar-refractivity contribution in [2.24, 2.45) is 5.73 Å². The number of rotatable bonds is 6. The van der Waals surface area contributed by atoms with Gasteiger partial charge in [-0.2, -0.15) is 0 Å². The summed E-state index contributed by atoms with van der Waals surface area (Å²) in [6.07, 6.45) is 7.92. The van der Waals surface area contributed by atoms with Crippen LogP contribution in [-0.4, -0.2) is 35.2 Å². The molecule has 0 aliphatic rings. The Hall–Kier alpha value is -1.88. The van der Waals surface area contributed by atoms with E-state index in [1.54, 1.807) is 0 Å². The lowest BCUT2D eigenvalue weighted by atomic mass is 10.2. The van der Waals surface area contributed by atoms with Gasteiger partial charge in [-0.15, -0.1) is 0 Å². The Morgan fingerprint density at radius 1 is 1.21 bits per heavy atom. The monoisotopic (exact) mass is 259 g/mol. The molecule has 5 heteroatoms. The van der Waals surface area contributed by atoms with Crippen molar-refractivity contribution in [1.82, 2.24) is 14.5 Å². The first kappa shape index (κ1) is 13.5. The Labute approximate surface area is 114 Å². The van der Waals surface area contributed by atoms with E-state index in [9.17, 15) is 0 Å². The van der Waals surface area contributed by atoms with Gasteiger partial charge in [-0.1, -0.05) is 0 Å². The summed E-state index contributed by atoms with van der Waals surface area (Å²) in [5.74, 6) is 0.950. The number of aryl methyl sites for hydroxylation is 1. The molecule has 0 fully saturated rings. The Bertz CT molecular complexity index is 501. The van der Waals surface area contributed by atoms with Crippen molar-refractivity contribution >= 4 is 5.82 Å². The summed E-state index contributed by atoms with van der Waals surface area (Å²) in [6, 6.07) is 4.05. The Balaban J connectivity index is 2.05. The minimum absolute atomic E-state index is 0.747. The van der Waals surface area contributed by atoms with Crippen molar-refractivity contribution in [3.05, 3.63) is 30.9 Å². The van der Waals surface area contributed by atoms with Gasteiger partial charge in [0.05, 0.1) is 12.0 Å². The first-order chi connectivity index (χ1) is 9.20. The number of nitrogens with zero attached hydrogens (tertiary/aromatic N) is 4. The van der Waals surface area contributed by atoms with Gasteiger partial charge >= 0.3 is 0 Å². The zero-order chi connectivity index (χ0) is 13.7. The van der Waals surface area contributed by atoms with Gasteiger partial charge in [0.15, 0.2) is 0 Å². The lowest BCUT2D eigenvalue weighted by Gasteiger charge is -2.10. The lowest BCUT2D eigenvalue weighted by Crippen LogP contribution is -2.09. The standard InChI is InChI=1S/C14H21N5/c1-18(2)14-6-5-12(9-16-14)13-10-19(11-17-13)8-4-3-7-15/h5-6,9-11H,3-4,7-8,15H2,1-2H3. The molecule has 5 nitrogen and oxygen atoms in total. The van der Waals surface area contributed by atoms with E-state index in [0.717, 1.165) is 43.0 Å². The van der Waals surface area contributed by atoms with Crippen LogP contribution in [0.4, 0.5) is 5.82 Å². The summed E-state index contributed by atoms with van der Waals surface area (Å²) < 4.78 is 2.10. The summed E-state index contributed by atoms with van der Waals surface area (Å²) in [6.45, 7) is 1.71. The van der Waals surface area contributed by atoms with Crippen LogP contribution in [0.15, 0.2) is 30.9 Å². The van der Waals surface area contributed by atoms with E-state index >= 15 is 0 Å². The fourth-order valence-corrected chi connectivity index (χ4v) is 1.87. The van der Waals surface area contributed by atoms with Crippen LogP contribution in [0, 0.1) is 0 Å². The molecule has 2 aromatic heterocycles. The van der Waals surface area contributed by atoms with Gasteiger partial charge in [-0.25, -0.2) is 9.97 Å². The quantitative estimate of drug-likeness (QED) is 0.803. The van der Waals surface area contributed by atoms with Gasteiger partial charge in [-0.3, -0.25) is 0 Å². The Morgan fingerprint density at radius 2 is 2.05 bits per heavy atom. The predicted molar refractivity (Wildman–Crippen MR) is 78.1 cm³/mol. The molecule has 0 aliphatic heterocycles. The number of unbranched alkanes of at least 4 members (excludes halogenated alkanes) is 1. The summed E-state index contributed by atoms with van der Waals surface area (Å²) in [5, 5.41) is 0. The fourth-order valence-electron chi connectivity index (χ4n) is 1.87. The number of nitrogens with two attached hydrogens (primary N) is 1. The number of aromatic nitrogens is 3.